The summed E-state index contributed by atoms with van der Waals surface area (Å²) in [6.07, 6.45) is 1.29. The third kappa shape index (κ3) is 4.53. The molecule has 6 aromatic rings. The van der Waals surface area contributed by atoms with Gasteiger partial charge in [-0.2, -0.15) is 5.21 Å². The molecular weight excluding hydrogens is 504 g/mol. The number of aromatic amines is 1. The van der Waals surface area contributed by atoms with Crippen LogP contribution in [0.2, 0.25) is 0 Å². The zero-order valence-electron chi connectivity index (χ0n) is 22.3. The molecule has 0 aliphatic carbocycles. The quantitative estimate of drug-likeness (QED) is 0.320. The van der Waals surface area contributed by atoms with Crippen molar-refractivity contribution in [3.8, 4) is 22.5 Å². The Morgan fingerprint density at radius 3 is 2.25 bits per heavy atom. The van der Waals surface area contributed by atoms with Crippen LogP contribution in [0.4, 0.5) is 0 Å². The number of hydrogen-bond donors (Lipinski definition) is 1. The molecule has 0 amide bonds. The topological polar surface area (TPSA) is 116 Å². The van der Waals surface area contributed by atoms with Gasteiger partial charge in [0.25, 0.3) is 5.56 Å². The Morgan fingerprint density at radius 2 is 1.55 bits per heavy atom. The number of H-pyrrole nitrogens is 1. The van der Waals surface area contributed by atoms with Gasteiger partial charge in [-0.25, -0.2) is 9.78 Å². The maximum absolute atomic E-state index is 13.4. The Bertz CT molecular complexity index is 1900. The summed E-state index contributed by atoms with van der Waals surface area (Å²) < 4.78 is 4.75. The van der Waals surface area contributed by atoms with E-state index in [0.29, 0.717) is 42.9 Å². The van der Waals surface area contributed by atoms with Crippen molar-refractivity contribution in [3.63, 3.8) is 0 Å². The first-order valence-corrected chi connectivity index (χ1v) is 13.2. The van der Waals surface area contributed by atoms with E-state index in [4.69, 9.17) is 4.98 Å². The van der Waals surface area contributed by atoms with Gasteiger partial charge in [0.1, 0.15) is 5.82 Å². The molecule has 0 aliphatic heterocycles. The summed E-state index contributed by atoms with van der Waals surface area (Å²) >= 11 is 0. The Kier molecular flexibility index (Phi) is 6.65. The van der Waals surface area contributed by atoms with E-state index in [1.165, 1.54) is 11.6 Å². The summed E-state index contributed by atoms with van der Waals surface area (Å²) in [5, 5.41) is 14.5. The van der Waals surface area contributed by atoms with Crippen LogP contribution >= 0.6 is 0 Å². The van der Waals surface area contributed by atoms with E-state index in [-0.39, 0.29) is 11.2 Å². The largest absolute Gasteiger partial charge is 0.332 e. The lowest BCUT2D eigenvalue weighted by atomic mass is 9.98. The van der Waals surface area contributed by atoms with Crippen molar-refractivity contribution in [1.29, 1.82) is 0 Å². The zero-order valence-corrected chi connectivity index (χ0v) is 22.3. The summed E-state index contributed by atoms with van der Waals surface area (Å²) in [7, 11) is 1.53. The van der Waals surface area contributed by atoms with Gasteiger partial charge in [0.15, 0.2) is 11.2 Å². The fourth-order valence-corrected chi connectivity index (χ4v) is 5.11. The monoisotopic (exact) mass is 532 g/mol. The minimum absolute atomic E-state index is 0.339. The van der Waals surface area contributed by atoms with E-state index in [1.807, 2.05) is 90.4 Å². The zero-order chi connectivity index (χ0) is 27.6. The number of hydrogen-bond acceptors (Lipinski definition) is 6. The van der Waals surface area contributed by atoms with E-state index in [9.17, 15) is 9.59 Å². The second-order valence-electron chi connectivity index (χ2n) is 9.65. The third-order valence-electron chi connectivity index (χ3n) is 7.21. The van der Waals surface area contributed by atoms with Crippen LogP contribution < -0.4 is 11.2 Å². The van der Waals surface area contributed by atoms with Crippen LogP contribution in [0.1, 0.15) is 23.9 Å². The molecule has 6 rings (SSSR count). The van der Waals surface area contributed by atoms with E-state index in [1.54, 1.807) is 4.57 Å². The lowest BCUT2D eigenvalue weighted by Gasteiger charge is -2.12. The Morgan fingerprint density at radius 1 is 0.825 bits per heavy atom. The number of nitrogens with one attached hydrogen (secondary N) is 1. The minimum Gasteiger partial charge on any atom is -0.318 e. The van der Waals surface area contributed by atoms with Crippen molar-refractivity contribution in [1.82, 2.24) is 39.3 Å². The number of rotatable bonds is 8. The summed E-state index contributed by atoms with van der Waals surface area (Å²) in [5.74, 6) is 1.30. The molecule has 0 saturated heterocycles. The van der Waals surface area contributed by atoms with Crippen molar-refractivity contribution in [2.45, 2.75) is 32.9 Å². The van der Waals surface area contributed by atoms with Crippen LogP contribution in [0, 0.1) is 0 Å². The fraction of sp³-hybridized carbons (Fsp3) is 0.200. The van der Waals surface area contributed by atoms with Crippen molar-refractivity contribution < 1.29 is 0 Å². The van der Waals surface area contributed by atoms with Gasteiger partial charge in [0.2, 0.25) is 5.82 Å². The van der Waals surface area contributed by atoms with Gasteiger partial charge < -0.3 is 4.57 Å². The van der Waals surface area contributed by atoms with Crippen molar-refractivity contribution in [3.05, 3.63) is 117 Å². The molecule has 10 nitrogen and oxygen atoms in total. The molecule has 0 fully saturated rings. The lowest BCUT2D eigenvalue weighted by Crippen LogP contribution is -2.39. The molecule has 0 atom stereocenters. The molecule has 0 spiro atoms. The number of fused-ring (bicyclic) bond motifs is 1. The Labute approximate surface area is 229 Å². The van der Waals surface area contributed by atoms with Crippen molar-refractivity contribution in [2.24, 2.45) is 7.05 Å². The minimum atomic E-state index is -0.356. The summed E-state index contributed by atoms with van der Waals surface area (Å²) in [6.45, 7) is 2.90. The van der Waals surface area contributed by atoms with Crippen LogP contribution in [-0.4, -0.2) is 39.3 Å². The first kappa shape index (κ1) is 25.2. The molecule has 10 heteroatoms. The Hall–Kier alpha value is -5.12. The van der Waals surface area contributed by atoms with E-state index >= 15 is 0 Å². The predicted molar refractivity (Wildman–Crippen MR) is 153 cm³/mol. The first-order chi connectivity index (χ1) is 19.5. The Balaban J connectivity index is 1.37. The average molecular weight is 533 g/mol. The summed E-state index contributed by atoms with van der Waals surface area (Å²) in [4.78, 5) is 31.3. The van der Waals surface area contributed by atoms with Gasteiger partial charge in [-0.15, -0.1) is 10.2 Å². The highest BCUT2D eigenvalue weighted by Gasteiger charge is 2.20. The summed E-state index contributed by atoms with van der Waals surface area (Å²) in [5.41, 5.74) is 5.21. The molecule has 1 N–H and O–H groups in total. The molecule has 0 saturated carbocycles. The van der Waals surface area contributed by atoms with Gasteiger partial charge in [-0.3, -0.25) is 13.9 Å². The highest BCUT2D eigenvalue weighted by molar-refractivity contribution is 5.80. The SMILES string of the molecule is CCc1nc2c(c(=O)n(C)c(=O)n2CCc2ccccc2)n1Cc1ccc(-c2ccccc2-c2nn[nH]n2)cc1. The molecule has 0 bridgehead atoms. The maximum Gasteiger partial charge on any atom is 0.332 e. The van der Waals surface area contributed by atoms with Crippen LogP contribution in [0.3, 0.4) is 0 Å². The smallest absolute Gasteiger partial charge is 0.318 e. The van der Waals surface area contributed by atoms with Crippen LogP contribution in [0.5, 0.6) is 0 Å². The molecule has 40 heavy (non-hydrogen) atoms. The van der Waals surface area contributed by atoms with Crippen molar-refractivity contribution in [2.75, 3.05) is 0 Å². The molecule has 0 unspecified atom stereocenters. The second-order valence-corrected chi connectivity index (χ2v) is 9.65. The van der Waals surface area contributed by atoms with Gasteiger partial charge in [0.05, 0.1) is 0 Å². The number of tetrazole rings is 1. The maximum atomic E-state index is 13.4. The second kappa shape index (κ2) is 10.6. The van der Waals surface area contributed by atoms with E-state index in [2.05, 4.69) is 20.6 Å². The van der Waals surface area contributed by atoms with Crippen LogP contribution in [-0.2, 0) is 33.0 Å². The molecule has 3 aromatic heterocycles. The predicted octanol–water partition coefficient (Wildman–Crippen LogP) is 3.60. The van der Waals surface area contributed by atoms with Gasteiger partial charge in [0, 0.05) is 32.1 Å². The normalized spacial score (nSPS) is 11.3. The number of imidazole rings is 1. The molecule has 0 radical (unpaired) electrons. The number of nitrogens with zero attached hydrogens (tertiary/aromatic N) is 7. The molecule has 0 aliphatic rings. The highest BCUT2D eigenvalue weighted by Crippen LogP contribution is 2.30. The van der Waals surface area contributed by atoms with Crippen LogP contribution in [0.25, 0.3) is 33.7 Å². The standard InChI is InChI=1S/C30H28N8O2/c1-3-25-31-28-26(29(39)36(2)30(40)37(28)18-17-20-9-5-4-6-10-20)38(25)19-21-13-15-22(16-14-21)23-11-7-8-12-24(23)27-32-34-35-33-27/h4-16H,3,17-19H2,1-2H3,(H,32,33,34,35). The lowest BCUT2D eigenvalue weighted by molar-refractivity contribution is 0.619. The fourth-order valence-electron chi connectivity index (χ4n) is 5.11. The third-order valence-corrected chi connectivity index (χ3v) is 7.21. The van der Waals surface area contributed by atoms with Gasteiger partial charge >= 0.3 is 5.69 Å². The summed E-state index contributed by atoms with van der Waals surface area (Å²) in [6, 6.07) is 26.1. The molecule has 3 aromatic carbocycles. The highest BCUT2D eigenvalue weighted by atomic mass is 16.2. The first-order valence-electron chi connectivity index (χ1n) is 13.2. The van der Waals surface area contributed by atoms with Crippen LogP contribution in [0.15, 0.2) is 88.5 Å². The molecule has 200 valence electrons. The number of aryl methyl sites for hydroxylation is 3. The van der Waals surface area contributed by atoms with Crippen molar-refractivity contribution >= 4 is 11.2 Å². The van der Waals surface area contributed by atoms with E-state index < -0.39 is 0 Å². The molecule has 3 heterocycles. The molecular formula is C30H28N8O2. The van der Waals surface area contributed by atoms with E-state index in [0.717, 1.165) is 33.6 Å². The number of aromatic nitrogens is 8. The number of benzene rings is 3. The van der Waals surface area contributed by atoms with Gasteiger partial charge in [-0.1, -0.05) is 85.8 Å². The van der Waals surface area contributed by atoms with Gasteiger partial charge in [-0.05, 0) is 33.9 Å². The average Bonchev–Trinajstić information content (AvgIpc) is 3.66.